The van der Waals surface area contributed by atoms with E-state index in [1.54, 1.807) is 0 Å². The van der Waals surface area contributed by atoms with Crippen LogP contribution in [-0.4, -0.2) is 36.3 Å². The van der Waals surface area contributed by atoms with Gasteiger partial charge in [0.25, 0.3) is 5.91 Å². The Balaban J connectivity index is 2.31. The fraction of sp³-hybridized carbons (Fsp3) is 0.385. The number of nitrogens with zero attached hydrogens (tertiary/aromatic N) is 1. The number of alkyl halides is 3. The van der Waals surface area contributed by atoms with Crippen LogP contribution in [0.3, 0.4) is 0 Å². The van der Waals surface area contributed by atoms with Crippen molar-refractivity contribution in [3.05, 3.63) is 29.3 Å². The van der Waals surface area contributed by atoms with Gasteiger partial charge in [0.2, 0.25) is 5.91 Å². The van der Waals surface area contributed by atoms with Gasteiger partial charge in [-0.05, 0) is 24.6 Å². The Morgan fingerprint density at radius 1 is 1.33 bits per heavy atom. The summed E-state index contributed by atoms with van der Waals surface area (Å²) in [6, 6.07) is 2.59. The first-order valence-electron chi connectivity index (χ1n) is 6.32. The molecule has 1 heterocycles. The molecule has 0 spiro atoms. The molecule has 0 aromatic heterocycles. The quantitative estimate of drug-likeness (QED) is 0.767. The molecule has 1 aliphatic rings. The van der Waals surface area contributed by atoms with Crippen molar-refractivity contribution >= 4 is 17.5 Å². The highest BCUT2D eigenvalue weighted by Crippen LogP contribution is 2.31. The lowest BCUT2D eigenvalue weighted by atomic mass is 10.1. The minimum atomic E-state index is -4.56. The molecular weight excluding hydrogens is 287 g/mol. The summed E-state index contributed by atoms with van der Waals surface area (Å²) < 4.78 is 38.1. The monoisotopic (exact) mass is 301 g/mol. The van der Waals surface area contributed by atoms with Crippen molar-refractivity contribution in [2.24, 2.45) is 0 Å². The zero-order chi connectivity index (χ0) is 15.6. The Labute approximate surface area is 118 Å². The molecule has 114 valence electrons. The summed E-state index contributed by atoms with van der Waals surface area (Å²) in [7, 11) is 0. The number of carbonyl (C=O) groups excluding carboxylic acids is 2. The van der Waals surface area contributed by atoms with E-state index in [0.29, 0.717) is 13.0 Å². The maximum atomic E-state index is 12.7. The smallest absolute Gasteiger partial charge is 0.398 e. The third-order valence-electron chi connectivity index (χ3n) is 3.16. The molecule has 5 nitrogen and oxygen atoms in total. The summed E-state index contributed by atoms with van der Waals surface area (Å²) in [5.41, 5.74) is 4.37. The molecule has 0 saturated carbocycles. The van der Waals surface area contributed by atoms with E-state index < -0.39 is 17.6 Å². The van der Waals surface area contributed by atoms with Crippen LogP contribution in [0.4, 0.5) is 18.9 Å². The number of nitrogens with two attached hydrogens (primary N) is 1. The zero-order valence-corrected chi connectivity index (χ0v) is 11.0. The van der Waals surface area contributed by atoms with E-state index in [9.17, 15) is 22.8 Å². The van der Waals surface area contributed by atoms with Crippen molar-refractivity contribution in [2.45, 2.75) is 12.6 Å². The van der Waals surface area contributed by atoms with Gasteiger partial charge in [-0.2, -0.15) is 13.2 Å². The van der Waals surface area contributed by atoms with Crippen molar-refractivity contribution in [1.29, 1.82) is 0 Å². The van der Waals surface area contributed by atoms with Crippen LogP contribution < -0.4 is 11.1 Å². The van der Waals surface area contributed by atoms with E-state index in [2.05, 4.69) is 5.32 Å². The Hall–Kier alpha value is -2.25. The van der Waals surface area contributed by atoms with Crippen molar-refractivity contribution in [2.75, 3.05) is 25.4 Å². The molecule has 0 bridgehead atoms. The Morgan fingerprint density at radius 3 is 2.71 bits per heavy atom. The van der Waals surface area contributed by atoms with Gasteiger partial charge in [-0.1, -0.05) is 0 Å². The molecular formula is C13H14F3N3O2. The predicted octanol–water partition coefficient (Wildman–Crippen LogP) is 1.25. The average molecular weight is 301 g/mol. The van der Waals surface area contributed by atoms with E-state index in [4.69, 9.17) is 5.73 Å². The summed E-state index contributed by atoms with van der Waals surface area (Å²) in [6.07, 6.45) is -4.02. The Morgan fingerprint density at radius 2 is 2.05 bits per heavy atom. The first kappa shape index (κ1) is 15.1. The van der Waals surface area contributed by atoms with Crippen molar-refractivity contribution < 1.29 is 22.8 Å². The number of amides is 2. The van der Waals surface area contributed by atoms with Gasteiger partial charge in [-0.3, -0.25) is 9.59 Å². The number of anilines is 1. The number of carbonyl (C=O) groups is 2. The lowest BCUT2D eigenvalue weighted by molar-refractivity contribution is -0.137. The largest absolute Gasteiger partial charge is 0.416 e. The lowest BCUT2D eigenvalue weighted by Crippen LogP contribution is -2.37. The number of nitrogens with one attached hydrogen (secondary N) is 1. The molecule has 1 aromatic carbocycles. The van der Waals surface area contributed by atoms with E-state index in [0.717, 1.165) is 18.2 Å². The molecule has 0 atom stereocenters. The van der Waals surface area contributed by atoms with Gasteiger partial charge in [0.15, 0.2) is 0 Å². The zero-order valence-electron chi connectivity index (χ0n) is 11.0. The summed E-state index contributed by atoms with van der Waals surface area (Å²) in [5, 5.41) is 2.59. The maximum absolute atomic E-state index is 12.7. The number of hydrogen-bond donors (Lipinski definition) is 2. The Kier molecular flexibility index (Phi) is 4.06. The molecule has 2 amide bonds. The lowest BCUT2D eigenvalue weighted by Gasteiger charge is -2.20. The summed E-state index contributed by atoms with van der Waals surface area (Å²) in [6.45, 7) is 0.530. The number of hydrogen-bond acceptors (Lipinski definition) is 3. The second kappa shape index (κ2) is 5.63. The molecule has 21 heavy (non-hydrogen) atoms. The average Bonchev–Trinajstić information content (AvgIpc) is 2.62. The molecule has 2 rings (SSSR count). The second-order valence-electron chi connectivity index (χ2n) is 4.73. The van der Waals surface area contributed by atoms with E-state index in [1.165, 1.54) is 4.90 Å². The molecule has 3 N–H and O–H groups in total. The van der Waals surface area contributed by atoms with Gasteiger partial charge in [0.1, 0.15) is 0 Å². The molecule has 0 aliphatic carbocycles. The SMILES string of the molecule is Nc1ccc(C(F)(F)F)cc1C(=O)N1CCCNC(=O)C1. The van der Waals surface area contributed by atoms with Gasteiger partial charge in [0, 0.05) is 18.8 Å². The molecule has 0 unspecified atom stereocenters. The van der Waals surface area contributed by atoms with Crippen LogP contribution >= 0.6 is 0 Å². The molecule has 8 heteroatoms. The topological polar surface area (TPSA) is 75.4 Å². The van der Waals surface area contributed by atoms with Crippen LogP contribution in [0.2, 0.25) is 0 Å². The number of halogens is 3. The molecule has 1 saturated heterocycles. The highest BCUT2D eigenvalue weighted by atomic mass is 19.4. The van der Waals surface area contributed by atoms with Crippen molar-refractivity contribution in [1.82, 2.24) is 10.2 Å². The highest BCUT2D eigenvalue weighted by Gasteiger charge is 2.32. The van der Waals surface area contributed by atoms with Gasteiger partial charge < -0.3 is 16.0 Å². The summed E-state index contributed by atoms with van der Waals surface area (Å²) >= 11 is 0. The fourth-order valence-electron chi connectivity index (χ4n) is 2.07. The third-order valence-corrected chi connectivity index (χ3v) is 3.16. The Bertz CT molecular complexity index is 572. The fourth-order valence-corrected chi connectivity index (χ4v) is 2.07. The van der Waals surface area contributed by atoms with Crippen LogP contribution in [0, 0.1) is 0 Å². The van der Waals surface area contributed by atoms with E-state index in [1.807, 2.05) is 0 Å². The van der Waals surface area contributed by atoms with Crippen LogP contribution in [0.25, 0.3) is 0 Å². The highest BCUT2D eigenvalue weighted by molar-refractivity contribution is 6.01. The van der Waals surface area contributed by atoms with Crippen molar-refractivity contribution in [3.8, 4) is 0 Å². The number of rotatable bonds is 1. The van der Waals surface area contributed by atoms with E-state index >= 15 is 0 Å². The third kappa shape index (κ3) is 3.45. The van der Waals surface area contributed by atoms with Crippen LogP contribution in [-0.2, 0) is 11.0 Å². The minimum Gasteiger partial charge on any atom is -0.398 e. The minimum absolute atomic E-state index is 0.0438. The summed E-state index contributed by atoms with van der Waals surface area (Å²) in [5.74, 6) is -1.01. The first-order valence-corrected chi connectivity index (χ1v) is 6.32. The van der Waals surface area contributed by atoms with Crippen LogP contribution in [0.15, 0.2) is 18.2 Å². The molecule has 1 aliphatic heterocycles. The van der Waals surface area contributed by atoms with Gasteiger partial charge in [-0.25, -0.2) is 0 Å². The van der Waals surface area contributed by atoms with Gasteiger partial charge >= 0.3 is 6.18 Å². The normalized spacial score (nSPS) is 16.3. The van der Waals surface area contributed by atoms with Gasteiger partial charge in [0.05, 0.1) is 17.7 Å². The molecule has 0 radical (unpaired) electrons. The van der Waals surface area contributed by atoms with E-state index in [-0.39, 0.29) is 30.2 Å². The van der Waals surface area contributed by atoms with Crippen LogP contribution in [0.1, 0.15) is 22.3 Å². The van der Waals surface area contributed by atoms with Gasteiger partial charge in [-0.15, -0.1) is 0 Å². The second-order valence-corrected chi connectivity index (χ2v) is 4.73. The van der Waals surface area contributed by atoms with Crippen molar-refractivity contribution in [3.63, 3.8) is 0 Å². The number of benzene rings is 1. The predicted molar refractivity (Wildman–Crippen MR) is 69.4 cm³/mol. The molecule has 1 fully saturated rings. The maximum Gasteiger partial charge on any atom is 0.416 e. The standard InChI is InChI=1S/C13H14F3N3O2/c14-13(15,16)8-2-3-10(17)9(6-8)12(21)19-5-1-4-18-11(20)7-19/h2-3,6H,1,4-5,7,17H2,(H,18,20). The summed E-state index contributed by atoms with van der Waals surface area (Å²) in [4.78, 5) is 24.9. The molecule has 1 aromatic rings. The number of nitrogen functional groups attached to an aromatic ring is 1. The first-order chi connectivity index (χ1) is 9.79. The van der Waals surface area contributed by atoms with Crippen LogP contribution in [0.5, 0.6) is 0 Å².